The molecule has 20 heavy (non-hydrogen) atoms. The fraction of sp³-hybridized carbons (Fsp3) is 0.385. The van der Waals surface area contributed by atoms with Gasteiger partial charge in [-0.25, -0.2) is 9.78 Å². The number of imide groups is 1. The first-order valence-corrected chi connectivity index (χ1v) is 7.11. The number of pyridine rings is 1. The third kappa shape index (κ3) is 2.91. The molecule has 1 aliphatic heterocycles. The number of urea groups is 1. The molecule has 1 aromatic rings. The number of amides is 3. The second-order valence-electron chi connectivity index (χ2n) is 4.44. The average molecular weight is 290 g/mol. The fourth-order valence-corrected chi connectivity index (χ4v) is 2.94. The van der Waals surface area contributed by atoms with Crippen LogP contribution in [0.25, 0.3) is 0 Å². The topological polar surface area (TPSA) is 86.1 Å². The largest absolute Gasteiger partial charge is 0.336 e. The molecular formula is C13H14N4O2S. The Morgan fingerprint density at radius 1 is 1.60 bits per heavy atom. The van der Waals surface area contributed by atoms with Crippen LogP contribution in [-0.2, 0) is 4.79 Å². The molecule has 0 aliphatic carbocycles. The lowest BCUT2D eigenvalue weighted by Gasteiger charge is -2.12. The van der Waals surface area contributed by atoms with Gasteiger partial charge >= 0.3 is 6.03 Å². The summed E-state index contributed by atoms with van der Waals surface area (Å²) < 4.78 is 0. The molecule has 1 aromatic heterocycles. The summed E-state index contributed by atoms with van der Waals surface area (Å²) >= 11 is 1.19. The van der Waals surface area contributed by atoms with Crippen LogP contribution in [0.3, 0.4) is 0 Å². The fourth-order valence-electron chi connectivity index (χ4n) is 1.96. The van der Waals surface area contributed by atoms with Gasteiger partial charge in [0.1, 0.15) is 11.1 Å². The van der Waals surface area contributed by atoms with E-state index in [0.717, 1.165) is 11.3 Å². The molecule has 2 heterocycles. The van der Waals surface area contributed by atoms with E-state index in [0.29, 0.717) is 23.7 Å². The van der Waals surface area contributed by atoms with E-state index in [4.69, 9.17) is 5.26 Å². The minimum Gasteiger partial charge on any atom is -0.336 e. The minimum atomic E-state index is -0.357. The summed E-state index contributed by atoms with van der Waals surface area (Å²) in [6, 6.07) is 3.58. The molecular weight excluding hydrogens is 276 g/mol. The third-order valence-electron chi connectivity index (χ3n) is 2.91. The highest BCUT2D eigenvalue weighted by Gasteiger charge is 2.26. The van der Waals surface area contributed by atoms with Crippen molar-refractivity contribution in [1.82, 2.24) is 15.2 Å². The summed E-state index contributed by atoms with van der Waals surface area (Å²) in [5.74, 6) is -0.173. The smallest absolute Gasteiger partial charge is 0.324 e. The molecule has 7 heteroatoms. The first-order valence-electron chi connectivity index (χ1n) is 6.12. The Labute approximate surface area is 121 Å². The highest BCUT2D eigenvalue weighted by molar-refractivity contribution is 8.00. The molecule has 1 fully saturated rings. The number of aromatic nitrogens is 1. The Morgan fingerprint density at radius 3 is 2.95 bits per heavy atom. The third-order valence-corrected chi connectivity index (χ3v) is 3.87. The van der Waals surface area contributed by atoms with Gasteiger partial charge < -0.3 is 5.32 Å². The number of hydrogen-bond acceptors (Lipinski definition) is 5. The quantitative estimate of drug-likeness (QED) is 0.846. The van der Waals surface area contributed by atoms with Crippen molar-refractivity contribution in [3.63, 3.8) is 0 Å². The molecule has 6 nitrogen and oxygen atoms in total. The van der Waals surface area contributed by atoms with E-state index in [1.54, 1.807) is 0 Å². The normalized spacial score (nSPS) is 14.1. The van der Waals surface area contributed by atoms with E-state index < -0.39 is 0 Å². The summed E-state index contributed by atoms with van der Waals surface area (Å²) in [4.78, 5) is 28.8. The standard InChI is InChI=1S/C13H14N4O2S/c1-8-5-9(2)16-12(10(8)6-14)20-7-11(18)17-4-3-15-13(17)19/h5H,3-4,7H2,1-2H3,(H,15,19). The van der Waals surface area contributed by atoms with Gasteiger partial charge in [0, 0.05) is 18.8 Å². The molecule has 1 saturated heterocycles. The van der Waals surface area contributed by atoms with Gasteiger partial charge in [0.15, 0.2) is 0 Å². The molecule has 0 radical (unpaired) electrons. The summed E-state index contributed by atoms with van der Waals surface area (Å²) in [7, 11) is 0. The number of carbonyl (C=O) groups excluding carboxylic acids is 2. The molecule has 0 aromatic carbocycles. The van der Waals surface area contributed by atoms with Crippen LogP contribution in [0.1, 0.15) is 16.8 Å². The van der Waals surface area contributed by atoms with Crippen LogP contribution in [0.15, 0.2) is 11.1 Å². The second-order valence-corrected chi connectivity index (χ2v) is 5.40. The zero-order valence-electron chi connectivity index (χ0n) is 11.3. The summed E-state index contributed by atoms with van der Waals surface area (Å²) in [5.41, 5.74) is 2.13. The summed E-state index contributed by atoms with van der Waals surface area (Å²) in [6.45, 7) is 4.56. The highest BCUT2D eigenvalue weighted by Crippen LogP contribution is 2.24. The highest BCUT2D eigenvalue weighted by atomic mass is 32.2. The van der Waals surface area contributed by atoms with Crippen LogP contribution < -0.4 is 5.32 Å². The van der Waals surface area contributed by atoms with Gasteiger partial charge in [0.05, 0.1) is 11.3 Å². The summed E-state index contributed by atoms with van der Waals surface area (Å²) in [6.07, 6.45) is 0. The molecule has 2 rings (SSSR count). The van der Waals surface area contributed by atoms with Gasteiger partial charge in [0.2, 0.25) is 5.91 Å². The van der Waals surface area contributed by atoms with Gasteiger partial charge in [-0.3, -0.25) is 9.69 Å². The Hall–Kier alpha value is -2.07. The maximum atomic E-state index is 11.9. The molecule has 1 aliphatic rings. The van der Waals surface area contributed by atoms with E-state index in [1.807, 2.05) is 19.9 Å². The van der Waals surface area contributed by atoms with Crippen molar-refractivity contribution in [2.24, 2.45) is 0 Å². The van der Waals surface area contributed by atoms with Crippen molar-refractivity contribution in [2.75, 3.05) is 18.8 Å². The van der Waals surface area contributed by atoms with Crippen LogP contribution in [0.4, 0.5) is 4.79 Å². The van der Waals surface area contributed by atoms with Gasteiger partial charge in [-0.05, 0) is 25.5 Å². The van der Waals surface area contributed by atoms with Crippen molar-refractivity contribution in [2.45, 2.75) is 18.9 Å². The van der Waals surface area contributed by atoms with E-state index in [9.17, 15) is 9.59 Å². The number of rotatable bonds is 3. The predicted octanol–water partition coefficient (Wildman–Crippen LogP) is 1.21. The number of nitriles is 1. The van der Waals surface area contributed by atoms with Crippen LogP contribution >= 0.6 is 11.8 Å². The molecule has 0 bridgehead atoms. The molecule has 0 atom stereocenters. The zero-order chi connectivity index (χ0) is 14.7. The SMILES string of the molecule is Cc1cc(C)c(C#N)c(SCC(=O)N2CCNC2=O)n1. The lowest BCUT2D eigenvalue weighted by molar-refractivity contribution is -0.124. The molecule has 104 valence electrons. The van der Waals surface area contributed by atoms with Crippen molar-refractivity contribution >= 4 is 23.7 Å². The van der Waals surface area contributed by atoms with Crippen LogP contribution in [-0.4, -0.2) is 40.7 Å². The monoisotopic (exact) mass is 290 g/mol. The number of nitrogens with one attached hydrogen (secondary N) is 1. The van der Waals surface area contributed by atoms with E-state index in [1.165, 1.54) is 16.7 Å². The molecule has 3 amide bonds. The van der Waals surface area contributed by atoms with E-state index in [2.05, 4.69) is 16.4 Å². The number of nitrogens with zero attached hydrogens (tertiary/aromatic N) is 3. The summed E-state index contributed by atoms with van der Waals surface area (Å²) in [5, 5.41) is 12.3. The number of thioether (sulfide) groups is 1. The Morgan fingerprint density at radius 2 is 2.35 bits per heavy atom. The first-order chi connectivity index (χ1) is 9.52. The number of carbonyl (C=O) groups is 2. The molecule has 1 N–H and O–H groups in total. The molecule has 0 saturated carbocycles. The van der Waals surface area contributed by atoms with E-state index in [-0.39, 0.29) is 17.7 Å². The minimum absolute atomic E-state index is 0.0952. The van der Waals surface area contributed by atoms with Crippen LogP contribution in [0, 0.1) is 25.2 Å². The lowest BCUT2D eigenvalue weighted by atomic mass is 10.1. The van der Waals surface area contributed by atoms with Gasteiger partial charge in [0.25, 0.3) is 0 Å². The van der Waals surface area contributed by atoms with Gasteiger partial charge in [-0.1, -0.05) is 11.8 Å². The first kappa shape index (κ1) is 14.3. The second kappa shape index (κ2) is 5.92. The number of hydrogen-bond donors (Lipinski definition) is 1. The van der Waals surface area contributed by atoms with Crippen LogP contribution in [0.2, 0.25) is 0 Å². The average Bonchev–Trinajstić information content (AvgIpc) is 2.81. The number of aryl methyl sites for hydroxylation is 2. The Bertz CT molecular complexity index is 609. The van der Waals surface area contributed by atoms with Crippen molar-refractivity contribution in [3.05, 3.63) is 22.9 Å². The van der Waals surface area contributed by atoms with Crippen molar-refractivity contribution in [3.8, 4) is 6.07 Å². The Kier molecular flexibility index (Phi) is 4.25. The maximum absolute atomic E-state index is 11.9. The van der Waals surface area contributed by atoms with Gasteiger partial charge in [-0.2, -0.15) is 5.26 Å². The van der Waals surface area contributed by atoms with Crippen LogP contribution in [0.5, 0.6) is 0 Å². The zero-order valence-corrected chi connectivity index (χ0v) is 12.1. The van der Waals surface area contributed by atoms with E-state index >= 15 is 0 Å². The molecule has 0 unspecified atom stereocenters. The van der Waals surface area contributed by atoms with Gasteiger partial charge in [-0.15, -0.1) is 0 Å². The Balaban J connectivity index is 2.09. The van der Waals surface area contributed by atoms with Crippen molar-refractivity contribution < 1.29 is 9.59 Å². The predicted molar refractivity (Wildman–Crippen MR) is 74.3 cm³/mol. The lowest BCUT2D eigenvalue weighted by Crippen LogP contribution is -2.35. The molecule has 0 spiro atoms. The maximum Gasteiger partial charge on any atom is 0.324 e. The van der Waals surface area contributed by atoms with Crippen molar-refractivity contribution in [1.29, 1.82) is 5.26 Å².